The molecule has 24 heavy (non-hydrogen) atoms. The summed E-state index contributed by atoms with van der Waals surface area (Å²) in [5, 5.41) is 0. The highest BCUT2D eigenvalue weighted by Gasteiger charge is 2.33. The molecule has 0 unspecified atom stereocenters. The predicted octanol–water partition coefficient (Wildman–Crippen LogP) is 2.19. The van der Waals surface area contributed by atoms with Crippen molar-refractivity contribution >= 4 is 23.2 Å². The molecule has 124 valence electrons. The fraction of sp³-hybridized carbons (Fsp3) is 0.333. The Kier molecular flexibility index (Phi) is 3.82. The van der Waals surface area contributed by atoms with Crippen molar-refractivity contribution in [2.45, 2.75) is 12.5 Å². The van der Waals surface area contributed by atoms with Gasteiger partial charge in [-0.2, -0.15) is 0 Å². The van der Waals surface area contributed by atoms with Crippen LogP contribution in [0.15, 0.2) is 48.7 Å². The molecule has 3 heterocycles. The number of carbonyl (C=O) groups excluding carboxylic acids is 1. The van der Waals surface area contributed by atoms with Gasteiger partial charge in [-0.3, -0.25) is 4.90 Å². The van der Waals surface area contributed by atoms with Gasteiger partial charge in [-0.1, -0.05) is 18.2 Å². The van der Waals surface area contributed by atoms with Gasteiger partial charge in [0.1, 0.15) is 5.82 Å². The van der Waals surface area contributed by atoms with Gasteiger partial charge in [-0.15, -0.1) is 0 Å². The molecular weight excluding hydrogens is 302 g/mol. The minimum atomic E-state index is 0.0519. The number of aromatic nitrogens is 1. The molecule has 0 spiro atoms. The van der Waals surface area contributed by atoms with Gasteiger partial charge in [-0.25, -0.2) is 9.78 Å². The van der Waals surface area contributed by atoms with Crippen LogP contribution < -0.4 is 15.5 Å². The number of para-hydroxylation sites is 2. The van der Waals surface area contributed by atoms with Gasteiger partial charge in [0.05, 0.1) is 11.4 Å². The highest BCUT2D eigenvalue weighted by Crippen LogP contribution is 2.37. The van der Waals surface area contributed by atoms with Gasteiger partial charge in [0.2, 0.25) is 0 Å². The van der Waals surface area contributed by atoms with Crippen LogP contribution in [0.4, 0.5) is 22.0 Å². The first kappa shape index (κ1) is 15.0. The highest BCUT2D eigenvalue weighted by molar-refractivity contribution is 5.97. The average Bonchev–Trinajstić information content (AvgIpc) is 3.07. The second-order valence-corrected chi connectivity index (χ2v) is 6.26. The Balaban J connectivity index is 1.65. The summed E-state index contributed by atoms with van der Waals surface area (Å²) in [6.07, 6.45) is 2.67. The van der Waals surface area contributed by atoms with E-state index in [1.165, 1.54) is 0 Å². The molecule has 2 aliphatic rings. The Bertz CT molecular complexity index is 735. The van der Waals surface area contributed by atoms with Crippen molar-refractivity contribution in [2.24, 2.45) is 5.73 Å². The molecule has 0 aliphatic carbocycles. The zero-order valence-electron chi connectivity index (χ0n) is 13.5. The predicted molar refractivity (Wildman–Crippen MR) is 94.6 cm³/mol. The molecule has 4 rings (SSSR count). The summed E-state index contributed by atoms with van der Waals surface area (Å²) in [6.45, 7) is 2.74. The number of pyridine rings is 1. The maximum Gasteiger partial charge on any atom is 0.324 e. The van der Waals surface area contributed by atoms with Gasteiger partial charge >= 0.3 is 6.03 Å². The van der Waals surface area contributed by atoms with E-state index in [1.807, 2.05) is 52.3 Å². The first-order valence-corrected chi connectivity index (χ1v) is 8.33. The summed E-state index contributed by atoms with van der Waals surface area (Å²) in [4.78, 5) is 23.3. The van der Waals surface area contributed by atoms with E-state index in [2.05, 4.69) is 9.88 Å². The second-order valence-electron chi connectivity index (χ2n) is 6.26. The number of amides is 2. The first-order chi connectivity index (χ1) is 11.7. The number of urea groups is 1. The van der Waals surface area contributed by atoms with Crippen LogP contribution in [-0.4, -0.2) is 48.1 Å². The van der Waals surface area contributed by atoms with Gasteiger partial charge in [-0.05, 0) is 30.7 Å². The number of hydrogen-bond acceptors (Lipinski definition) is 4. The maximum absolute atomic E-state index is 12.9. The fourth-order valence-electron chi connectivity index (χ4n) is 3.44. The van der Waals surface area contributed by atoms with E-state index in [-0.39, 0.29) is 12.1 Å². The van der Waals surface area contributed by atoms with E-state index in [4.69, 9.17) is 5.73 Å². The topological polar surface area (TPSA) is 65.7 Å². The van der Waals surface area contributed by atoms with E-state index in [1.54, 1.807) is 6.20 Å². The molecule has 1 atom stereocenters. The number of likely N-dealkylation sites (tertiary alicyclic amines) is 1. The molecule has 1 fully saturated rings. The Morgan fingerprint density at radius 1 is 1.04 bits per heavy atom. The van der Waals surface area contributed by atoms with Crippen LogP contribution in [0.2, 0.25) is 0 Å². The van der Waals surface area contributed by atoms with Crippen LogP contribution in [-0.2, 0) is 0 Å². The normalized spacial score (nSPS) is 20.2. The van der Waals surface area contributed by atoms with Gasteiger partial charge in [0.15, 0.2) is 0 Å². The minimum absolute atomic E-state index is 0.0519. The van der Waals surface area contributed by atoms with Crippen molar-refractivity contribution in [1.29, 1.82) is 0 Å². The lowest BCUT2D eigenvalue weighted by molar-refractivity contribution is 0.215. The van der Waals surface area contributed by atoms with Crippen LogP contribution in [0.3, 0.4) is 0 Å². The van der Waals surface area contributed by atoms with Gasteiger partial charge < -0.3 is 15.5 Å². The maximum atomic E-state index is 12.9. The summed E-state index contributed by atoms with van der Waals surface area (Å²) in [7, 11) is 0. The molecule has 1 aromatic heterocycles. The summed E-state index contributed by atoms with van der Waals surface area (Å²) in [6, 6.07) is 14.0. The summed E-state index contributed by atoms with van der Waals surface area (Å²) < 4.78 is 0. The standard InChI is InChI=1S/C18H21N5O/c19-14-8-10-21(13-14)18(24)23-12-11-22(17-7-3-4-9-20-17)15-5-1-2-6-16(15)23/h1-7,9,14H,8,10-13,19H2/t14-/m0/s1. The Morgan fingerprint density at radius 3 is 2.54 bits per heavy atom. The van der Waals surface area contributed by atoms with E-state index < -0.39 is 0 Å². The molecule has 1 aromatic carbocycles. The molecule has 0 bridgehead atoms. The Hall–Kier alpha value is -2.60. The Morgan fingerprint density at radius 2 is 1.83 bits per heavy atom. The lowest BCUT2D eigenvalue weighted by Crippen LogP contribution is -2.48. The summed E-state index contributed by atoms with van der Waals surface area (Å²) in [5.41, 5.74) is 7.90. The molecule has 2 N–H and O–H groups in total. The summed E-state index contributed by atoms with van der Waals surface area (Å²) in [5.74, 6) is 0.903. The average molecular weight is 323 g/mol. The van der Waals surface area contributed by atoms with Crippen molar-refractivity contribution < 1.29 is 4.79 Å². The molecular formula is C18H21N5O. The lowest BCUT2D eigenvalue weighted by Gasteiger charge is -2.38. The first-order valence-electron chi connectivity index (χ1n) is 8.33. The minimum Gasteiger partial charge on any atom is -0.326 e. The third-order valence-electron chi connectivity index (χ3n) is 4.66. The zero-order valence-corrected chi connectivity index (χ0v) is 13.5. The molecule has 2 aromatic rings. The van der Waals surface area contributed by atoms with Crippen LogP contribution in [0, 0.1) is 0 Å². The second kappa shape index (κ2) is 6.13. The molecule has 1 saturated heterocycles. The summed E-state index contributed by atoms with van der Waals surface area (Å²) >= 11 is 0. The number of carbonyl (C=O) groups is 1. The molecule has 0 saturated carbocycles. The van der Waals surface area contributed by atoms with Crippen molar-refractivity contribution in [3.63, 3.8) is 0 Å². The monoisotopic (exact) mass is 323 g/mol. The smallest absolute Gasteiger partial charge is 0.324 e. The molecule has 2 aliphatic heterocycles. The number of hydrogen-bond donors (Lipinski definition) is 1. The largest absolute Gasteiger partial charge is 0.326 e. The fourth-order valence-corrected chi connectivity index (χ4v) is 3.44. The van der Waals surface area contributed by atoms with Crippen molar-refractivity contribution in [3.8, 4) is 0 Å². The molecule has 6 heteroatoms. The lowest BCUT2D eigenvalue weighted by atomic mass is 10.1. The SMILES string of the molecule is N[C@H]1CCN(C(=O)N2CCN(c3ccccn3)c3ccccc32)C1. The zero-order chi connectivity index (χ0) is 16.5. The van der Waals surface area contributed by atoms with Crippen molar-refractivity contribution in [2.75, 3.05) is 36.0 Å². The van der Waals surface area contributed by atoms with Crippen molar-refractivity contribution in [3.05, 3.63) is 48.7 Å². The van der Waals surface area contributed by atoms with E-state index in [0.717, 1.165) is 36.7 Å². The quantitative estimate of drug-likeness (QED) is 0.874. The van der Waals surface area contributed by atoms with E-state index in [0.29, 0.717) is 13.1 Å². The Labute approximate surface area is 141 Å². The number of nitrogens with zero attached hydrogens (tertiary/aromatic N) is 4. The van der Waals surface area contributed by atoms with Gasteiger partial charge in [0, 0.05) is 38.4 Å². The van der Waals surface area contributed by atoms with E-state index in [9.17, 15) is 4.79 Å². The molecule has 2 amide bonds. The number of nitrogens with two attached hydrogens (primary N) is 1. The number of benzene rings is 1. The molecule has 0 radical (unpaired) electrons. The van der Waals surface area contributed by atoms with Gasteiger partial charge in [0.25, 0.3) is 0 Å². The van der Waals surface area contributed by atoms with Crippen LogP contribution in [0.5, 0.6) is 0 Å². The van der Waals surface area contributed by atoms with Crippen molar-refractivity contribution in [1.82, 2.24) is 9.88 Å². The van der Waals surface area contributed by atoms with Crippen LogP contribution >= 0.6 is 0 Å². The third-order valence-corrected chi connectivity index (χ3v) is 4.66. The van der Waals surface area contributed by atoms with E-state index >= 15 is 0 Å². The third kappa shape index (κ3) is 2.59. The number of rotatable bonds is 1. The number of anilines is 3. The molecule has 6 nitrogen and oxygen atoms in total. The number of fused-ring (bicyclic) bond motifs is 1. The van der Waals surface area contributed by atoms with Crippen LogP contribution in [0.25, 0.3) is 0 Å². The van der Waals surface area contributed by atoms with Crippen LogP contribution in [0.1, 0.15) is 6.42 Å². The highest BCUT2D eigenvalue weighted by atomic mass is 16.2.